The molecule has 0 aromatic carbocycles. The van der Waals surface area contributed by atoms with Gasteiger partial charge in [-0.1, -0.05) is 36.9 Å². The molecule has 0 amide bonds. The fourth-order valence-corrected chi connectivity index (χ4v) is 3.19. The fourth-order valence-electron chi connectivity index (χ4n) is 1.18. The maximum Gasteiger partial charge on any atom is 0.174 e. The van der Waals surface area contributed by atoms with Crippen molar-refractivity contribution in [3.8, 4) is 0 Å². The second-order valence-electron chi connectivity index (χ2n) is 3.46. The Hall–Kier alpha value is -0.130. The summed E-state index contributed by atoms with van der Waals surface area (Å²) in [5.41, 5.74) is 0. The number of aromatic nitrogens is 2. The molecule has 1 N–H and O–H groups in total. The third-order valence-electron chi connectivity index (χ3n) is 2.09. The summed E-state index contributed by atoms with van der Waals surface area (Å²) in [6.07, 6.45) is 2.36. The predicted octanol–water partition coefficient (Wildman–Crippen LogP) is 2.72. The molecule has 0 aliphatic carbocycles. The molecule has 1 heterocycles. The Kier molecular flexibility index (Phi) is 6.20. The Bertz CT molecular complexity index is 275. The van der Waals surface area contributed by atoms with E-state index in [0.29, 0.717) is 6.04 Å². The van der Waals surface area contributed by atoms with Crippen LogP contribution < -0.4 is 5.32 Å². The normalized spacial score (nSPS) is 13.0. The SMILES string of the molecule is CCCNC(CC)CSc1nnc(C)s1. The van der Waals surface area contributed by atoms with Crippen LogP contribution in [0.3, 0.4) is 0 Å². The topological polar surface area (TPSA) is 37.8 Å². The number of nitrogens with zero attached hydrogens (tertiary/aromatic N) is 2. The van der Waals surface area contributed by atoms with Gasteiger partial charge in [-0.25, -0.2) is 0 Å². The molecule has 15 heavy (non-hydrogen) atoms. The maximum absolute atomic E-state index is 4.11. The molecule has 3 nitrogen and oxygen atoms in total. The van der Waals surface area contributed by atoms with Crippen LogP contribution in [0.15, 0.2) is 4.34 Å². The monoisotopic (exact) mass is 245 g/mol. The maximum atomic E-state index is 4.11. The van der Waals surface area contributed by atoms with Gasteiger partial charge >= 0.3 is 0 Å². The molecule has 0 spiro atoms. The van der Waals surface area contributed by atoms with Crippen LogP contribution in [0, 0.1) is 6.92 Å². The molecule has 1 aromatic rings. The number of thioether (sulfide) groups is 1. The summed E-state index contributed by atoms with van der Waals surface area (Å²) in [4.78, 5) is 0. The molecule has 0 saturated carbocycles. The van der Waals surface area contributed by atoms with Crippen LogP contribution in [0.25, 0.3) is 0 Å². The third-order valence-corrected chi connectivity index (χ3v) is 4.23. The molecule has 0 aliphatic heterocycles. The molecule has 1 atom stereocenters. The first-order valence-corrected chi connectivity index (χ1v) is 7.22. The smallest absolute Gasteiger partial charge is 0.174 e. The standard InChI is InChI=1S/C10H19N3S2/c1-4-6-11-9(5-2)7-14-10-13-12-8(3)15-10/h9,11H,4-7H2,1-3H3. The summed E-state index contributed by atoms with van der Waals surface area (Å²) in [6, 6.07) is 0.596. The fraction of sp³-hybridized carbons (Fsp3) is 0.800. The summed E-state index contributed by atoms with van der Waals surface area (Å²) < 4.78 is 1.09. The molecule has 0 fully saturated rings. The molecule has 1 rings (SSSR count). The van der Waals surface area contributed by atoms with Crippen LogP contribution in [0.1, 0.15) is 31.7 Å². The Morgan fingerprint density at radius 2 is 2.20 bits per heavy atom. The highest BCUT2D eigenvalue weighted by Crippen LogP contribution is 2.22. The van der Waals surface area contributed by atoms with Crippen molar-refractivity contribution in [2.75, 3.05) is 12.3 Å². The van der Waals surface area contributed by atoms with Crippen LogP contribution in [0.2, 0.25) is 0 Å². The molecule has 0 radical (unpaired) electrons. The zero-order valence-electron chi connectivity index (χ0n) is 9.62. The number of hydrogen-bond acceptors (Lipinski definition) is 5. The number of aryl methyl sites for hydroxylation is 1. The van der Waals surface area contributed by atoms with E-state index in [4.69, 9.17) is 0 Å². The van der Waals surface area contributed by atoms with Gasteiger partial charge in [-0.3, -0.25) is 0 Å². The first kappa shape index (κ1) is 12.9. The van der Waals surface area contributed by atoms with E-state index in [9.17, 15) is 0 Å². The average molecular weight is 245 g/mol. The summed E-state index contributed by atoms with van der Waals surface area (Å²) in [7, 11) is 0. The molecule has 0 aliphatic rings. The van der Waals surface area contributed by atoms with Crippen LogP contribution in [-0.2, 0) is 0 Å². The van der Waals surface area contributed by atoms with E-state index < -0.39 is 0 Å². The van der Waals surface area contributed by atoms with Gasteiger partial charge in [0.15, 0.2) is 4.34 Å². The first-order valence-electron chi connectivity index (χ1n) is 5.42. The van der Waals surface area contributed by atoms with Crippen molar-refractivity contribution in [3.05, 3.63) is 5.01 Å². The van der Waals surface area contributed by atoms with E-state index in [-0.39, 0.29) is 0 Å². The Labute approximate surface area is 100 Å². The first-order chi connectivity index (χ1) is 7.26. The Morgan fingerprint density at radius 3 is 2.73 bits per heavy atom. The van der Waals surface area contributed by atoms with Crippen LogP contribution in [0.5, 0.6) is 0 Å². The van der Waals surface area contributed by atoms with Crippen molar-refractivity contribution in [2.45, 2.75) is 44.0 Å². The third kappa shape index (κ3) is 4.95. The van der Waals surface area contributed by atoms with Crippen molar-refractivity contribution in [1.29, 1.82) is 0 Å². The number of rotatable bonds is 7. The predicted molar refractivity (Wildman–Crippen MR) is 67.7 cm³/mol. The highest BCUT2D eigenvalue weighted by molar-refractivity contribution is 8.01. The largest absolute Gasteiger partial charge is 0.313 e. The van der Waals surface area contributed by atoms with Gasteiger partial charge < -0.3 is 5.32 Å². The summed E-state index contributed by atoms with van der Waals surface area (Å²) in [5, 5.41) is 12.7. The van der Waals surface area contributed by atoms with Crippen LogP contribution in [0.4, 0.5) is 0 Å². The van der Waals surface area contributed by atoms with Crippen LogP contribution >= 0.6 is 23.1 Å². The molecular formula is C10H19N3S2. The minimum atomic E-state index is 0.596. The van der Waals surface area contributed by atoms with Gasteiger partial charge in [-0.2, -0.15) is 0 Å². The lowest BCUT2D eigenvalue weighted by Gasteiger charge is -2.14. The summed E-state index contributed by atoms with van der Waals surface area (Å²) in [5.74, 6) is 1.09. The van der Waals surface area contributed by atoms with E-state index in [1.54, 1.807) is 23.1 Å². The van der Waals surface area contributed by atoms with Gasteiger partial charge in [0.25, 0.3) is 0 Å². The Morgan fingerprint density at radius 1 is 1.40 bits per heavy atom. The molecule has 0 bridgehead atoms. The lowest BCUT2D eigenvalue weighted by molar-refractivity contribution is 0.539. The lowest BCUT2D eigenvalue weighted by atomic mass is 10.2. The molecule has 86 valence electrons. The van der Waals surface area contributed by atoms with E-state index in [0.717, 1.165) is 21.6 Å². The van der Waals surface area contributed by atoms with E-state index in [1.807, 2.05) is 6.92 Å². The highest BCUT2D eigenvalue weighted by Gasteiger charge is 2.07. The van der Waals surface area contributed by atoms with Gasteiger partial charge in [0.1, 0.15) is 5.01 Å². The minimum Gasteiger partial charge on any atom is -0.313 e. The molecule has 1 aromatic heterocycles. The van der Waals surface area contributed by atoms with Gasteiger partial charge in [0.2, 0.25) is 0 Å². The number of hydrogen-bond donors (Lipinski definition) is 1. The van der Waals surface area contributed by atoms with Gasteiger partial charge in [-0.15, -0.1) is 10.2 Å². The molecule has 5 heteroatoms. The van der Waals surface area contributed by atoms with Crippen molar-refractivity contribution in [1.82, 2.24) is 15.5 Å². The Balaban J connectivity index is 2.27. The summed E-state index contributed by atoms with van der Waals surface area (Å²) >= 11 is 3.48. The quantitative estimate of drug-likeness (QED) is 0.750. The van der Waals surface area contributed by atoms with E-state index >= 15 is 0 Å². The average Bonchev–Trinajstić information content (AvgIpc) is 2.65. The summed E-state index contributed by atoms with van der Waals surface area (Å²) in [6.45, 7) is 7.52. The minimum absolute atomic E-state index is 0.596. The molecular weight excluding hydrogens is 226 g/mol. The molecule has 0 saturated heterocycles. The van der Waals surface area contributed by atoms with E-state index in [1.165, 1.54) is 12.8 Å². The lowest BCUT2D eigenvalue weighted by Crippen LogP contribution is -2.31. The van der Waals surface area contributed by atoms with Gasteiger partial charge in [0.05, 0.1) is 0 Å². The van der Waals surface area contributed by atoms with Crippen LogP contribution in [-0.4, -0.2) is 28.5 Å². The second-order valence-corrected chi connectivity index (χ2v) is 5.91. The second kappa shape index (κ2) is 7.19. The zero-order valence-corrected chi connectivity index (χ0v) is 11.2. The highest BCUT2D eigenvalue weighted by atomic mass is 32.2. The van der Waals surface area contributed by atoms with Gasteiger partial charge in [-0.05, 0) is 26.3 Å². The molecule has 1 unspecified atom stereocenters. The zero-order chi connectivity index (χ0) is 11.1. The van der Waals surface area contributed by atoms with Crippen molar-refractivity contribution in [2.24, 2.45) is 0 Å². The van der Waals surface area contributed by atoms with E-state index in [2.05, 4.69) is 29.4 Å². The van der Waals surface area contributed by atoms with Gasteiger partial charge in [0, 0.05) is 11.8 Å². The van der Waals surface area contributed by atoms with Crippen molar-refractivity contribution < 1.29 is 0 Å². The van der Waals surface area contributed by atoms with Crippen molar-refractivity contribution >= 4 is 23.1 Å². The number of nitrogens with one attached hydrogen (secondary N) is 1. The van der Waals surface area contributed by atoms with Crippen molar-refractivity contribution in [3.63, 3.8) is 0 Å².